The van der Waals surface area contributed by atoms with Crippen LogP contribution >= 0.6 is 34.4 Å². The summed E-state index contributed by atoms with van der Waals surface area (Å²) in [4.78, 5) is 43.2. The molecular weight excluding hydrogens is 460 g/mol. The smallest absolute Gasteiger partial charge is 0.263 e. The number of rotatable bonds is 4. The van der Waals surface area contributed by atoms with Crippen molar-refractivity contribution < 1.29 is 0 Å². The van der Waals surface area contributed by atoms with Crippen LogP contribution in [0.5, 0.6) is 0 Å². The summed E-state index contributed by atoms with van der Waals surface area (Å²) in [5.74, 6) is 1.13. The number of aromatic nitrogens is 4. The Morgan fingerprint density at radius 2 is 1.53 bits per heavy atom. The molecule has 2 aliphatic carbocycles. The van der Waals surface area contributed by atoms with Crippen molar-refractivity contribution in [1.29, 1.82) is 0 Å². The fraction of sp³-hybridized carbons (Fsp3) is 0.478. The molecule has 0 bridgehead atoms. The molecule has 6 rings (SSSR count). The maximum absolute atomic E-state index is 13.3. The number of nitrogens with one attached hydrogen (secondary N) is 1. The predicted molar refractivity (Wildman–Crippen MR) is 133 cm³/mol. The van der Waals surface area contributed by atoms with E-state index in [-0.39, 0.29) is 11.1 Å². The number of aryl methyl sites for hydroxylation is 4. The fourth-order valence-electron chi connectivity index (χ4n) is 5.02. The van der Waals surface area contributed by atoms with Crippen molar-refractivity contribution in [2.45, 2.75) is 75.7 Å². The Morgan fingerprint density at radius 1 is 0.906 bits per heavy atom. The number of aromatic amines is 1. The van der Waals surface area contributed by atoms with Crippen LogP contribution in [0, 0.1) is 0 Å². The Hall–Kier alpha value is -1.97. The van der Waals surface area contributed by atoms with Gasteiger partial charge in [0, 0.05) is 16.3 Å². The van der Waals surface area contributed by atoms with E-state index < -0.39 is 0 Å². The highest BCUT2D eigenvalue weighted by molar-refractivity contribution is 7.98. The van der Waals surface area contributed by atoms with Crippen molar-refractivity contribution in [2.24, 2.45) is 0 Å². The maximum Gasteiger partial charge on any atom is 0.263 e. The van der Waals surface area contributed by atoms with Gasteiger partial charge in [0.05, 0.1) is 16.5 Å². The number of hydrogen-bond donors (Lipinski definition) is 1. The van der Waals surface area contributed by atoms with Crippen LogP contribution in [0.15, 0.2) is 14.7 Å². The van der Waals surface area contributed by atoms with Crippen molar-refractivity contribution in [3.8, 4) is 0 Å². The van der Waals surface area contributed by atoms with E-state index in [4.69, 9.17) is 9.97 Å². The molecule has 4 aromatic rings. The summed E-state index contributed by atoms with van der Waals surface area (Å²) < 4.78 is 1.77. The molecule has 0 amide bonds. The monoisotopic (exact) mass is 484 g/mol. The van der Waals surface area contributed by atoms with Gasteiger partial charge in [-0.05, 0) is 69.4 Å². The van der Waals surface area contributed by atoms with Crippen LogP contribution in [0.3, 0.4) is 0 Å². The normalized spacial score (nSPS) is 15.9. The van der Waals surface area contributed by atoms with Gasteiger partial charge >= 0.3 is 0 Å². The molecule has 9 heteroatoms. The van der Waals surface area contributed by atoms with Gasteiger partial charge in [0.15, 0.2) is 5.16 Å². The molecule has 0 fully saturated rings. The average Bonchev–Trinajstić information content (AvgIpc) is 3.36. The molecule has 0 aromatic carbocycles. The summed E-state index contributed by atoms with van der Waals surface area (Å²) in [6.07, 6.45) is 8.74. The number of thiophene rings is 2. The van der Waals surface area contributed by atoms with E-state index in [1.165, 1.54) is 45.5 Å². The van der Waals surface area contributed by atoms with Crippen LogP contribution in [0.4, 0.5) is 0 Å². The SMILES string of the molecule is CCn1c(SCc2nc3sc4c(c3c(=O)[nH]2)CCCC4)nc2sc3c(c2c1=O)CCCC3. The maximum atomic E-state index is 13.3. The molecule has 0 atom stereocenters. The molecule has 4 aromatic heterocycles. The Bertz CT molecular complexity index is 1480. The van der Waals surface area contributed by atoms with Gasteiger partial charge in [-0.25, -0.2) is 9.97 Å². The summed E-state index contributed by atoms with van der Waals surface area (Å²) in [6, 6.07) is 0. The summed E-state index contributed by atoms with van der Waals surface area (Å²) in [7, 11) is 0. The lowest BCUT2D eigenvalue weighted by Crippen LogP contribution is -2.23. The molecule has 6 nitrogen and oxygen atoms in total. The Morgan fingerprint density at radius 3 is 2.22 bits per heavy atom. The molecule has 1 N–H and O–H groups in total. The number of thioether (sulfide) groups is 1. The van der Waals surface area contributed by atoms with Gasteiger partial charge in [-0.3, -0.25) is 14.2 Å². The first-order chi connectivity index (χ1) is 15.6. The average molecular weight is 485 g/mol. The molecule has 0 spiro atoms. The van der Waals surface area contributed by atoms with Crippen LogP contribution in [0.1, 0.15) is 59.3 Å². The third kappa shape index (κ3) is 3.28. The number of H-pyrrole nitrogens is 1. The minimum atomic E-state index is -0.0350. The lowest BCUT2D eigenvalue weighted by molar-refractivity contribution is 0.633. The van der Waals surface area contributed by atoms with Crippen LogP contribution < -0.4 is 11.1 Å². The van der Waals surface area contributed by atoms with Crippen molar-refractivity contribution in [2.75, 3.05) is 0 Å². The fourth-order valence-corrected chi connectivity index (χ4v) is 8.54. The first-order valence-electron chi connectivity index (χ1n) is 11.4. The van der Waals surface area contributed by atoms with E-state index in [0.717, 1.165) is 59.0 Å². The quantitative estimate of drug-likeness (QED) is 0.332. The molecule has 4 heterocycles. The summed E-state index contributed by atoms with van der Waals surface area (Å²) in [5.41, 5.74) is 2.47. The highest BCUT2D eigenvalue weighted by Gasteiger charge is 2.23. The molecule has 166 valence electrons. The minimum Gasteiger partial charge on any atom is -0.309 e. The van der Waals surface area contributed by atoms with Gasteiger partial charge in [-0.1, -0.05) is 11.8 Å². The van der Waals surface area contributed by atoms with Crippen LogP contribution in [0.2, 0.25) is 0 Å². The highest BCUT2D eigenvalue weighted by Crippen LogP contribution is 2.36. The van der Waals surface area contributed by atoms with E-state index in [9.17, 15) is 9.59 Å². The molecule has 0 aliphatic heterocycles. The second-order valence-corrected chi connectivity index (χ2v) is 11.6. The van der Waals surface area contributed by atoms with Crippen molar-refractivity contribution in [3.05, 3.63) is 47.4 Å². The molecule has 0 unspecified atom stereocenters. The second kappa shape index (κ2) is 8.11. The number of nitrogens with zero attached hydrogens (tertiary/aromatic N) is 3. The zero-order valence-corrected chi connectivity index (χ0v) is 20.4. The predicted octanol–water partition coefficient (Wildman–Crippen LogP) is 4.83. The van der Waals surface area contributed by atoms with Crippen LogP contribution in [0.25, 0.3) is 20.4 Å². The van der Waals surface area contributed by atoms with Gasteiger partial charge in [-0.2, -0.15) is 0 Å². The largest absolute Gasteiger partial charge is 0.309 e. The second-order valence-electron chi connectivity index (χ2n) is 8.53. The molecule has 0 saturated heterocycles. The molecule has 0 radical (unpaired) electrons. The summed E-state index contributed by atoms with van der Waals surface area (Å²) in [6.45, 7) is 2.56. The van der Waals surface area contributed by atoms with Gasteiger partial charge in [0.1, 0.15) is 15.5 Å². The van der Waals surface area contributed by atoms with E-state index in [1.807, 2.05) is 6.92 Å². The molecule has 32 heavy (non-hydrogen) atoms. The van der Waals surface area contributed by atoms with Gasteiger partial charge in [-0.15, -0.1) is 22.7 Å². The van der Waals surface area contributed by atoms with E-state index in [0.29, 0.717) is 23.3 Å². The Balaban J connectivity index is 1.36. The molecule has 0 saturated carbocycles. The number of hydrogen-bond acceptors (Lipinski definition) is 7. The van der Waals surface area contributed by atoms with Crippen LogP contribution in [-0.4, -0.2) is 19.5 Å². The number of fused-ring (bicyclic) bond motifs is 6. The van der Waals surface area contributed by atoms with Crippen molar-refractivity contribution in [1.82, 2.24) is 19.5 Å². The van der Waals surface area contributed by atoms with Gasteiger partial charge in [0.25, 0.3) is 11.1 Å². The first-order valence-corrected chi connectivity index (χ1v) is 14.0. The van der Waals surface area contributed by atoms with E-state index >= 15 is 0 Å². The lowest BCUT2D eigenvalue weighted by Gasteiger charge is -2.12. The third-order valence-corrected chi connectivity index (χ3v) is 9.93. The van der Waals surface area contributed by atoms with Crippen molar-refractivity contribution in [3.63, 3.8) is 0 Å². The first kappa shape index (κ1) is 20.6. The minimum absolute atomic E-state index is 0.0350. The molecular formula is C23H24N4O2S3. The van der Waals surface area contributed by atoms with Crippen molar-refractivity contribution >= 4 is 54.9 Å². The zero-order valence-electron chi connectivity index (χ0n) is 18.0. The summed E-state index contributed by atoms with van der Waals surface area (Å²) >= 11 is 4.83. The van der Waals surface area contributed by atoms with Crippen LogP contribution in [-0.2, 0) is 38.0 Å². The summed E-state index contributed by atoms with van der Waals surface area (Å²) in [5, 5.41) is 2.32. The highest BCUT2D eigenvalue weighted by atomic mass is 32.2. The van der Waals surface area contributed by atoms with Gasteiger partial charge < -0.3 is 4.98 Å². The topological polar surface area (TPSA) is 80.6 Å². The lowest BCUT2D eigenvalue weighted by atomic mass is 9.97. The van der Waals surface area contributed by atoms with Gasteiger partial charge in [0.2, 0.25) is 0 Å². The standard InChI is InChI=1S/C23H24N4O2S3/c1-2-27-22(29)18-13-8-4-6-10-15(13)32-21(18)26-23(27)30-11-16-24-19(28)17-12-7-3-5-9-14(12)31-20(17)25-16/h2-11H2,1H3,(H,24,25,28). The Kier molecular flexibility index (Phi) is 5.23. The van der Waals surface area contributed by atoms with E-state index in [2.05, 4.69) is 4.98 Å². The molecule has 2 aliphatic rings. The zero-order chi connectivity index (χ0) is 21.8. The van der Waals surface area contributed by atoms with E-state index in [1.54, 1.807) is 27.2 Å². The third-order valence-electron chi connectivity index (χ3n) is 6.57. The Labute approximate surface area is 197 Å².